The van der Waals surface area contributed by atoms with Gasteiger partial charge in [-0.15, -0.1) is 0 Å². The van der Waals surface area contributed by atoms with E-state index in [0.717, 1.165) is 12.8 Å². The van der Waals surface area contributed by atoms with Crippen molar-refractivity contribution in [1.29, 1.82) is 0 Å². The molecule has 14 heavy (non-hydrogen) atoms. The number of nitrogens with zero attached hydrogens (tertiary/aromatic N) is 1. The summed E-state index contributed by atoms with van der Waals surface area (Å²) < 4.78 is 0. The van der Waals surface area contributed by atoms with Gasteiger partial charge in [0.1, 0.15) is 0 Å². The Kier molecular flexibility index (Phi) is 3.50. The standard InChI is InChI=1S/C10H20N2O2/c1-3-10(2,11)9(14)12(6-7-13)8-4-5-8/h8,13H,3-7,11H2,1-2H3. The van der Waals surface area contributed by atoms with Crippen molar-refractivity contribution in [2.75, 3.05) is 13.2 Å². The average Bonchev–Trinajstić information content (AvgIpc) is 2.96. The van der Waals surface area contributed by atoms with Crippen LogP contribution in [-0.2, 0) is 4.79 Å². The van der Waals surface area contributed by atoms with Gasteiger partial charge in [0, 0.05) is 12.6 Å². The first-order chi connectivity index (χ1) is 6.53. The molecule has 1 aliphatic carbocycles. The molecule has 1 aliphatic rings. The largest absolute Gasteiger partial charge is 0.395 e. The molecule has 0 bridgehead atoms. The second-order valence-corrected chi connectivity index (χ2v) is 4.22. The van der Waals surface area contributed by atoms with Crippen molar-refractivity contribution in [3.63, 3.8) is 0 Å². The van der Waals surface area contributed by atoms with Crippen LogP contribution in [0.2, 0.25) is 0 Å². The Hall–Kier alpha value is -0.610. The van der Waals surface area contributed by atoms with Crippen LogP contribution in [0.1, 0.15) is 33.1 Å². The minimum Gasteiger partial charge on any atom is -0.395 e. The molecule has 0 aromatic rings. The highest BCUT2D eigenvalue weighted by atomic mass is 16.3. The lowest BCUT2D eigenvalue weighted by Crippen LogP contribution is -2.54. The molecule has 0 heterocycles. The van der Waals surface area contributed by atoms with E-state index in [0.29, 0.717) is 19.0 Å². The SMILES string of the molecule is CCC(C)(N)C(=O)N(CCO)C1CC1. The van der Waals surface area contributed by atoms with Crippen molar-refractivity contribution < 1.29 is 9.90 Å². The van der Waals surface area contributed by atoms with Crippen LogP contribution in [0.15, 0.2) is 0 Å². The van der Waals surface area contributed by atoms with Gasteiger partial charge in [-0.3, -0.25) is 4.79 Å². The fourth-order valence-electron chi connectivity index (χ4n) is 1.42. The topological polar surface area (TPSA) is 66.6 Å². The molecule has 1 unspecified atom stereocenters. The van der Waals surface area contributed by atoms with E-state index < -0.39 is 5.54 Å². The molecule has 0 saturated heterocycles. The molecule has 0 spiro atoms. The van der Waals surface area contributed by atoms with Crippen LogP contribution in [-0.4, -0.2) is 40.6 Å². The molecule has 0 aromatic heterocycles. The zero-order valence-corrected chi connectivity index (χ0v) is 8.99. The predicted molar refractivity (Wildman–Crippen MR) is 54.7 cm³/mol. The van der Waals surface area contributed by atoms with E-state index in [2.05, 4.69) is 0 Å². The van der Waals surface area contributed by atoms with Crippen molar-refractivity contribution >= 4 is 5.91 Å². The number of aliphatic hydroxyl groups is 1. The highest BCUT2D eigenvalue weighted by Gasteiger charge is 2.38. The monoisotopic (exact) mass is 200 g/mol. The summed E-state index contributed by atoms with van der Waals surface area (Å²) in [5.74, 6) is -0.0310. The van der Waals surface area contributed by atoms with E-state index >= 15 is 0 Å². The van der Waals surface area contributed by atoms with Crippen LogP contribution >= 0.6 is 0 Å². The van der Waals surface area contributed by atoms with Crippen LogP contribution in [0.4, 0.5) is 0 Å². The number of rotatable bonds is 5. The first-order valence-corrected chi connectivity index (χ1v) is 5.23. The Morgan fingerprint density at radius 2 is 2.21 bits per heavy atom. The van der Waals surface area contributed by atoms with Gasteiger partial charge < -0.3 is 15.7 Å². The second-order valence-electron chi connectivity index (χ2n) is 4.22. The lowest BCUT2D eigenvalue weighted by molar-refractivity contribution is -0.137. The van der Waals surface area contributed by atoms with Gasteiger partial charge in [-0.1, -0.05) is 6.92 Å². The maximum atomic E-state index is 12.0. The van der Waals surface area contributed by atoms with E-state index in [4.69, 9.17) is 10.8 Å². The molecule has 4 nitrogen and oxygen atoms in total. The minimum atomic E-state index is -0.780. The molecule has 3 N–H and O–H groups in total. The van der Waals surface area contributed by atoms with Crippen LogP contribution in [0.25, 0.3) is 0 Å². The summed E-state index contributed by atoms with van der Waals surface area (Å²) in [6.45, 7) is 4.09. The van der Waals surface area contributed by atoms with Crippen molar-refractivity contribution in [2.24, 2.45) is 5.73 Å². The third-order valence-electron chi connectivity index (χ3n) is 2.81. The predicted octanol–water partition coefficient (Wildman–Crippen LogP) is 0.0971. The maximum absolute atomic E-state index is 12.0. The van der Waals surface area contributed by atoms with Crippen molar-refractivity contribution in [1.82, 2.24) is 4.90 Å². The number of carbonyl (C=O) groups is 1. The van der Waals surface area contributed by atoms with Crippen molar-refractivity contribution in [3.8, 4) is 0 Å². The highest BCUT2D eigenvalue weighted by molar-refractivity contribution is 5.86. The van der Waals surface area contributed by atoms with Crippen molar-refractivity contribution in [2.45, 2.75) is 44.7 Å². The van der Waals surface area contributed by atoms with E-state index in [9.17, 15) is 4.79 Å². The molecule has 1 fully saturated rings. The normalized spacial score (nSPS) is 20.3. The fraction of sp³-hybridized carbons (Fsp3) is 0.900. The Labute approximate surface area is 85.1 Å². The third kappa shape index (κ3) is 2.45. The van der Waals surface area contributed by atoms with Gasteiger partial charge in [0.2, 0.25) is 5.91 Å². The number of nitrogens with two attached hydrogens (primary N) is 1. The minimum absolute atomic E-state index is 0.0159. The molecule has 82 valence electrons. The molecular formula is C10H20N2O2. The maximum Gasteiger partial charge on any atom is 0.242 e. The van der Waals surface area contributed by atoms with Crippen LogP contribution < -0.4 is 5.73 Å². The number of aliphatic hydroxyl groups excluding tert-OH is 1. The Balaban J connectivity index is 2.62. The van der Waals surface area contributed by atoms with E-state index in [1.165, 1.54) is 0 Å². The Bertz CT molecular complexity index is 212. The molecule has 4 heteroatoms. The lowest BCUT2D eigenvalue weighted by atomic mass is 9.98. The molecule has 0 radical (unpaired) electrons. The number of hydrogen-bond acceptors (Lipinski definition) is 3. The second kappa shape index (κ2) is 4.28. The molecule has 1 saturated carbocycles. The molecule has 1 rings (SSSR count). The summed E-state index contributed by atoms with van der Waals surface area (Å²) in [6, 6.07) is 0.323. The summed E-state index contributed by atoms with van der Waals surface area (Å²) in [5.41, 5.74) is 5.10. The van der Waals surface area contributed by atoms with Gasteiger partial charge in [0.25, 0.3) is 0 Å². The van der Waals surface area contributed by atoms with Crippen LogP contribution in [0.5, 0.6) is 0 Å². The van der Waals surface area contributed by atoms with Crippen LogP contribution in [0, 0.1) is 0 Å². The van der Waals surface area contributed by atoms with Crippen molar-refractivity contribution in [3.05, 3.63) is 0 Å². The first kappa shape index (κ1) is 11.5. The van der Waals surface area contributed by atoms with Gasteiger partial charge in [-0.05, 0) is 26.2 Å². The summed E-state index contributed by atoms with van der Waals surface area (Å²) in [5, 5.41) is 8.87. The quantitative estimate of drug-likeness (QED) is 0.661. The molecule has 0 aliphatic heterocycles. The molecule has 1 amide bonds. The number of carbonyl (C=O) groups excluding carboxylic acids is 1. The number of hydrogen-bond donors (Lipinski definition) is 2. The van der Waals surface area contributed by atoms with Crippen LogP contribution in [0.3, 0.4) is 0 Å². The smallest absolute Gasteiger partial charge is 0.242 e. The molecular weight excluding hydrogens is 180 g/mol. The van der Waals surface area contributed by atoms with E-state index in [-0.39, 0.29) is 12.5 Å². The first-order valence-electron chi connectivity index (χ1n) is 5.23. The Morgan fingerprint density at radius 1 is 1.64 bits per heavy atom. The number of amides is 1. The summed E-state index contributed by atoms with van der Waals surface area (Å²) in [7, 11) is 0. The summed E-state index contributed by atoms with van der Waals surface area (Å²) >= 11 is 0. The van der Waals surface area contributed by atoms with Gasteiger partial charge in [0.05, 0.1) is 12.1 Å². The van der Waals surface area contributed by atoms with E-state index in [1.807, 2.05) is 6.92 Å². The van der Waals surface area contributed by atoms with Gasteiger partial charge in [-0.25, -0.2) is 0 Å². The molecule has 0 aromatic carbocycles. The summed E-state index contributed by atoms with van der Waals surface area (Å²) in [4.78, 5) is 13.7. The van der Waals surface area contributed by atoms with Gasteiger partial charge in [-0.2, -0.15) is 0 Å². The molecule has 1 atom stereocenters. The summed E-state index contributed by atoms with van der Waals surface area (Å²) in [6.07, 6.45) is 2.72. The zero-order chi connectivity index (χ0) is 10.8. The van der Waals surface area contributed by atoms with Gasteiger partial charge in [0.15, 0.2) is 0 Å². The third-order valence-corrected chi connectivity index (χ3v) is 2.81. The van der Waals surface area contributed by atoms with E-state index in [1.54, 1.807) is 11.8 Å². The van der Waals surface area contributed by atoms with Gasteiger partial charge >= 0.3 is 0 Å². The zero-order valence-electron chi connectivity index (χ0n) is 8.99. The lowest BCUT2D eigenvalue weighted by Gasteiger charge is -2.30. The Morgan fingerprint density at radius 3 is 2.57 bits per heavy atom. The highest BCUT2D eigenvalue weighted by Crippen LogP contribution is 2.28. The fourth-order valence-corrected chi connectivity index (χ4v) is 1.42. The average molecular weight is 200 g/mol.